The summed E-state index contributed by atoms with van der Waals surface area (Å²) < 4.78 is 5.37. The van der Waals surface area contributed by atoms with Gasteiger partial charge in [0.15, 0.2) is 0 Å². The first-order valence-corrected chi connectivity index (χ1v) is 14.4. The van der Waals surface area contributed by atoms with Crippen LogP contribution in [0, 0.1) is 5.41 Å². The van der Waals surface area contributed by atoms with Gasteiger partial charge in [-0.1, -0.05) is 27.7 Å². The van der Waals surface area contributed by atoms with Crippen LogP contribution in [0.4, 0.5) is 0 Å². The molecule has 0 saturated heterocycles. The topological polar surface area (TPSA) is 102 Å². The standard InChI is InChI=1S/C20H36N2O4S2.C5H10O/c1-6-26-13-20(4,5)19(25)22-16(10-24)12-28-18-8-7-17(18)27-11-15(9-23)21-14(2)3;1-3-5(6)4-2/h9-10,14-18,21H,6-8,11-13H2,1-5H3,(H,22,25);3-4H2,1-2H3. The van der Waals surface area contributed by atoms with E-state index in [1.165, 1.54) is 0 Å². The van der Waals surface area contributed by atoms with E-state index in [-0.39, 0.29) is 18.0 Å². The Morgan fingerprint density at radius 1 is 0.971 bits per heavy atom. The van der Waals surface area contributed by atoms with Gasteiger partial charge in [-0.2, -0.15) is 23.5 Å². The molecule has 0 radical (unpaired) electrons. The third-order valence-electron chi connectivity index (χ3n) is 5.39. The van der Waals surface area contributed by atoms with Crippen LogP contribution in [0.15, 0.2) is 0 Å². The molecular formula is C25H46N2O5S2. The lowest BCUT2D eigenvalue weighted by atomic mass is 9.93. The van der Waals surface area contributed by atoms with Crippen LogP contribution in [0.2, 0.25) is 0 Å². The molecule has 34 heavy (non-hydrogen) atoms. The number of hydrogen-bond donors (Lipinski definition) is 2. The first-order chi connectivity index (χ1) is 16.0. The SMILES string of the molecule is CCC(=O)CC.CCOCC(C)(C)C(=O)NC(C=O)CSC1CCC1SCC(C=O)NC(C)C. The largest absolute Gasteiger partial charge is 0.381 e. The highest BCUT2D eigenvalue weighted by Crippen LogP contribution is 2.40. The summed E-state index contributed by atoms with van der Waals surface area (Å²) in [6.45, 7) is 14.2. The van der Waals surface area contributed by atoms with Crippen molar-refractivity contribution in [3.63, 3.8) is 0 Å². The molecule has 0 bridgehead atoms. The molecule has 1 amide bonds. The van der Waals surface area contributed by atoms with Crippen LogP contribution in [0.3, 0.4) is 0 Å². The lowest BCUT2D eigenvalue weighted by Gasteiger charge is -2.37. The van der Waals surface area contributed by atoms with Crippen LogP contribution in [0.1, 0.15) is 74.1 Å². The molecule has 1 saturated carbocycles. The monoisotopic (exact) mass is 518 g/mol. The van der Waals surface area contributed by atoms with Crippen molar-refractivity contribution in [2.24, 2.45) is 5.41 Å². The first-order valence-electron chi connectivity index (χ1n) is 12.3. The number of carbonyl (C=O) groups is 4. The van der Waals surface area contributed by atoms with Crippen molar-refractivity contribution in [2.75, 3.05) is 24.7 Å². The van der Waals surface area contributed by atoms with Gasteiger partial charge >= 0.3 is 0 Å². The lowest BCUT2D eigenvalue weighted by Crippen LogP contribution is -2.47. The van der Waals surface area contributed by atoms with Crippen LogP contribution in [0.25, 0.3) is 0 Å². The zero-order chi connectivity index (χ0) is 26.1. The Balaban J connectivity index is 0.00000160. The van der Waals surface area contributed by atoms with Crippen molar-refractivity contribution in [1.82, 2.24) is 10.6 Å². The van der Waals surface area contributed by atoms with Gasteiger partial charge in [0.25, 0.3) is 0 Å². The van der Waals surface area contributed by atoms with Crippen LogP contribution in [-0.2, 0) is 23.9 Å². The van der Waals surface area contributed by atoms with Gasteiger partial charge in [0.1, 0.15) is 18.4 Å². The van der Waals surface area contributed by atoms with E-state index in [0.29, 0.717) is 48.1 Å². The number of aldehydes is 2. The van der Waals surface area contributed by atoms with Crippen LogP contribution >= 0.6 is 23.5 Å². The maximum absolute atomic E-state index is 12.4. The average molecular weight is 519 g/mol. The number of ketones is 1. The summed E-state index contributed by atoms with van der Waals surface area (Å²) in [5, 5.41) is 7.07. The molecule has 1 aliphatic carbocycles. The normalized spacial score (nSPS) is 19.3. The highest BCUT2D eigenvalue weighted by Gasteiger charge is 2.34. The number of amides is 1. The van der Waals surface area contributed by atoms with Gasteiger partial charge in [0.2, 0.25) is 5.91 Å². The summed E-state index contributed by atoms with van der Waals surface area (Å²) in [6.07, 6.45) is 5.43. The molecule has 0 heterocycles. The van der Waals surface area contributed by atoms with E-state index >= 15 is 0 Å². The molecular weight excluding hydrogens is 472 g/mol. The third kappa shape index (κ3) is 13.9. The smallest absolute Gasteiger partial charge is 0.228 e. The average Bonchev–Trinajstić information content (AvgIpc) is 2.80. The van der Waals surface area contributed by atoms with Gasteiger partial charge in [0, 0.05) is 47.5 Å². The molecule has 1 rings (SSSR count). The van der Waals surface area contributed by atoms with Gasteiger partial charge in [-0.3, -0.25) is 9.59 Å². The number of nitrogens with one attached hydrogen (secondary N) is 2. The summed E-state index contributed by atoms with van der Waals surface area (Å²) in [5.74, 6) is 1.52. The fourth-order valence-corrected chi connectivity index (χ4v) is 6.01. The maximum atomic E-state index is 12.4. The Hall–Kier alpha value is -0.900. The summed E-state index contributed by atoms with van der Waals surface area (Å²) in [4.78, 5) is 45.2. The molecule has 0 spiro atoms. The minimum Gasteiger partial charge on any atom is -0.381 e. The zero-order valence-corrected chi connectivity index (χ0v) is 23.7. The fraction of sp³-hybridized carbons (Fsp3) is 0.840. The number of rotatable bonds is 17. The van der Waals surface area contributed by atoms with Gasteiger partial charge in [-0.05, 0) is 33.6 Å². The lowest BCUT2D eigenvalue weighted by molar-refractivity contribution is -0.134. The van der Waals surface area contributed by atoms with E-state index < -0.39 is 11.5 Å². The molecule has 198 valence electrons. The molecule has 0 aromatic heterocycles. The summed E-state index contributed by atoms with van der Waals surface area (Å²) in [5.41, 5.74) is -0.663. The number of thioether (sulfide) groups is 2. The second-order valence-corrected chi connectivity index (χ2v) is 11.9. The maximum Gasteiger partial charge on any atom is 0.228 e. The Morgan fingerprint density at radius 3 is 1.82 bits per heavy atom. The zero-order valence-electron chi connectivity index (χ0n) is 22.1. The van der Waals surface area contributed by atoms with Crippen molar-refractivity contribution < 1.29 is 23.9 Å². The number of carbonyl (C=O) groups excluding carboxylic acids is 4. The minimum absolute atomic E-state index is 0.120. The van der Waals surface area contributed by atoms with Crippen molar-refractivity contribution in [1.29, 1.82) is 0 Å². The quantitative estimate of drug-likeness (QED) is 0.281. The Labute approximate surface area is 215 Å². The second-order valence-electron chi connectivity index (χ2n) is 9.37. The molecule has 7 nitrogen and oxygen atoms in total. The predicted molar refractivity (Wildman–Crippen MR) is 144 cm³/mol. The molecule has 0 aromatic carbocycles. The van der Waals surface area contributed by atoms with E-state index in [1.54, 1.807) is 11.8 Å². The molecule has 1 fully saturated rings. The van der Waals surface area contributed by atoms with Crippen LogP contribution in [-0.4, -0.2) is 77.6 Å². The van der Waals surface area contributed by atoms with E-state index in [2.05, 4.69) is 10.6 Å². The fourth-order valence-electron chi connectivity index (χ4n) is 2.98. The molecule has 9 heteroatoms. The number of ether oxygens (including phenoxy) is 1. The molecule has 0 aromatic rings. The highest BCUT2D eigenvalue weighted by atomic mass is 32.2. The molecule has 0 aliphatic heterocycles. The highest BCUT2D eigenvalue weighted by molar-refractivity contribution is 8.04. The predicted octanol–water partition coefficient (Wildman–Crippen LogP) is 3.67. The second kappa shape index (κ2) is 18.4. The Bertz CT molecular complexity index is 610. The number of hydrogen-bond acceptors (Lipinski definition) is 8. The summed E-state index contributed by atoms with van der Waals surface area (Å²) >= 11 is 3.57. The van der Waals surface area contributed by atoms with Crippen LogP contribution in [0.5, 0.6) is 0 Å². The van der Waals surface area contributed by atoms with Crippen molar-refractivity contribution >= 4 is 47.8 Å². The van der Waals surface area contributed by atoms with Crippen molar-refractivity contribution in [3.8, 4) is 0 Å². The van der Waals surface area contributed by atoms with E-state index in [9.17, 15) is 19.2 Å². The van der Waals surface area contributed by atoms with Crippen LogP contribution < -0.4 is 10.6 Å². The van der Waals surface area contributed by atoms with E-state index in [1.807, 2.05) is 60.2 Å². The molecule has 4 unspecified atom stereocenters. The molecule has 2 N–H and O–H groups in total. The van der Waals surface area contributed by atoms with Crippen molar-refractivity contribution in [3.05, 3.63) is 0 Å². The van der Waals surface area contributed by atoms with Crippen molar-refractivity contribution in [2.45, 2.75) is 103 Å². The third-order valence-corrected chi connectivity index (χ3v) is 8.65. The minimum atomic E-state index is -0.663. The van der Waals surface area contributed by atoms with E-state index in [4.69, 9.17) is 4.74 Å². The molecule has 4 atom stereocenters. The Kier molecular flexibility index (Phi) is 17.9. The first kappa shape index (κ1) is 33.1. The summed E-state index contributed by atoms with van der Waals surface area (Å²) in [7, 11) is 0. The van der Waals surface area contributed by atoms with Gasteiger partial charge in [-0.15, -0.1) is 0 Å². The molecule has 1 aliphatic rings. The Morgan fingerprint density at radius 2 is 1.47 bits per heavy atom. The van der Waals surface area contributed by atoms with Gasteiger partial charge in [-0.25, -0.2) is 0 Å². The van der Waals surface area contributed by atoms with Gasteiger partial charge in [0.05, 0.1) is 24.1 Å². The van der Waals surface area contributed by atoms with Gasteiger partial charge < -0.3 is 25.0 Å². The summed E-state index contributed by atoms with van der Waals surface area (Å²) in [6, 6.07) is -0.327. The number of Topliss-reactive ketones (excluding diaryl/α,β-unsaturated/α-hetero) is 1. The van der Waals surface area contributed by atoms with E-state index in [0.717, 1.165) is 31.2 Å².